The number of aryl methyl sites for hydroxylation is 1. The van der Waals surface area contributed by atoms with Gasteiger partial charge in [-0.3, -0.25) is 0 Å². The first kappa shape index (κ1) is 11.9. The molecule has 1 N–H and O–H groups in total. The summed E-state index contributed by atoms with van der Waals surface area (Å²) in [5, 5.41) is 4.51. The van der Waals surface area contributed by atoms with E-state index >= 15 is 0 Å². The van der Waals surface area contributed by atoms with E-state index in [4.69, 9.17) is 4.98 Å². The molecule has 0 bridgehead atoms. The molecule has 0 radical (unpaired) electrons. The highest BCUT2D eigenvalue weighted by Gasteiger charge is 2.29. The Morgan fingerprint density at radius 2 is 2.33 bits per heavy atom. The Kier molecular flexibility index (Phi) is 3.18. The standard InChI is InChI=1S/C13H18N4S/c1-3-14-7-11-12(9-4-5-9)16-13(18-11)10-6-15-8-17(10)2/h6,8-9,14H,3-5,7H2,1-2H3. The van der Waals surface area contributed by atoms with Gasteiger partial charge in [0.15, 0.2) is 0 Å². The van der Waals surface area contributed by atoms with E-state index in [0.717, 1.165) is 23.8 Å². The summed E-state index contributed by atoms with van der Waals surface area (Å²) in [6.07, 6.45) is 6.32. The molecular formula is C13H18N4S. The lowest BCUT2D eigenvalue weighted by atomic mass is 10.2. The fourth-order valence-corrected chi connectivity index (χ4v) is 3.25. The molecule has 0 unspecified atom stereocenters. The molecule has 1 saturated carbocycles. The Balaban J connectivity index is 1.94. The molecule has 3 rings (SSSR count). The van der Waals surface area contributed by atoms with E-state index in [2.05, 4.69) is 17.2 Å². The Hall–Kier alpha value is -1.20. The fraction of sp³-hybridized carbons (Fsp3) is 0.538. The smallest absolute Gasteiger partial charge is 0.142 e. The van der Waals surface area contributed by atoms with Gasteiger partial charge in [-0.2, -0.15) is 0 Å². The van der Waals surface area contributed by atoms with Crippen LogP contribution in [0.2, 0.25) is 0 Å². The predicted octanol–water partition coefficient (Wildman–Crippen LogP) is 2.53. The van der Waals surface area contributed by atoms with Gasteiger partial charge in [0.25, 0.3) is 0 Å². The number of nitrogens with one attached hydrogen (secondary N) is 1. The van der Waals surface area contributed by atoms with Gasteiger partial charge in [-0.1, -0.05) is 6.92 Å². The lowest BCUT2D eigenvalue weighted by Gasteiger charge is -2.00. The van der Waals surface area contributed by atoms with Crippen molar-refractivity contribution in [1.82, 2.24) is 19.9 Å². The van der Waals surface area contributed by atoms with Crippen LogP contribution in [0.3, 0.4) is 0 Å². The zero-order valence-corrected chi connectivity index (χ0v) is 11.6. The van der Waals surface area contributed by atoms with E-state index in [1.54, 1.807) is 11.3 Å². The summed E-state index contributed by atoms with van der Waals surface area (Å²) in [5.74, 6) is 0.705. The Morgan fingerprint density at radius 1 is 1.50 bits per heavy atom. The van der Waals surface area contributed by atoms with E-state index < -0.39 is 0 Å². The predicted molar refractivity (Wildman–Crippen MR) is 73.7 cm³/mol. The van der Waals surface area contributed by atoms with Crippen LogP contribution < -0.4 is 5.32 Å². The molecule has 96 valence electrons. The number of hydrogen-bond acceptors (Lipinski definition) is 4. The third-order valence-electron chi connectivity index (χ3n) is 3.26. The van der Waals surface area contributed by atoms with Gasteiger partial charge in [0.1, 0.15) is 5.01 Å². The van der Waals surface area contributed by atoms with Crippen molar-refractivity contribution >= 4 is 11.3 Å². The monoisotopic (exact) mass is 262 g/mol. The van der Waals surface area contributed by atoms with E-state index in [0.29, 0.717) is 5.92 Å². The van der Waals surface area contributed by atoms with Crippen molar-refractivity contribution in [3.05, 3.63) is 23.1 Å². The van der Waals surface area contributed by atoms with Gasteiger partial charge in [-0.15, -0.1) is 11.3 Å². The zero-order chi connectivity index (χ0) is 12.5. The van der Waals surface area contributed by atoms with Crippen LogP contribution >= 0.6 is 11.3 Å². The van der Waals surface area contributed by atoms with Gasteiger partial charge in [0.2, 0.25) is 0 Å². The molecule has 0 aliphatic heterocycles. The first-order valence-electron chi connectivity index (χ1n) is 6.46. The van der Waals surface area contributed by atoms with Gasteiger partial charge in [-0.25, -0.2) is 9.97 Å². The molecule has 0 saturated heterocycles. The molecule has 0 atom stereocenters. The molecule has 1 aliphatic carbocycles. The number of nitrogens with zero attached hydrogens (tertiary/aromatic N) is 3. The minimum atomic E-state index is 0.705. The van der Waals surface area contributed by atoms with Crippen LogP contribution in [-0.2, 0) is 13.6 Å². The highest BCUT2D eigenvalue weighted by molar-refractivity contribution is 7.15. The minimum absolute atomic E-state index is 0.705. The molecule has 18 heavy (non-hydrogen) atoms. The Labute approximate surface area is 111 Å². The van der Waals surface area contributed by atoms with Crippen LogP contribution in [0.5, 0.6) is 0 Å². The summed E-state index contributed by atoms with van der Waals surface area (Å²) in [5.41, 5.74) is 2.43. The number of imidazole rings is 1. The third-order valence-corrected chi connectivity index (χ3v) is 4.36. The number of aromatic nitrogens is 3. The highest BCUT2D eigenvalue weighted by Crippen LogP contribution is 2.44. The van der Waals surface area contributed by atoms with Crippen LogP contribution in [-0.4, -0.2) is 21.1 Å². The van der Waals surface area contributed by atoms with Gasteiger partial charge in [0.05, 0.1) is 23.9 Å². The molecule has 0 spiro atoms. The van der Waals surface area contributed by atoms with Crippen LogP contribution in [0.25, 0.3) is 10.7 Å². The molecule has 2 aromatic rings. The zero-order valence-electron chi connectivity index (χ0n) is 10.8. The number of hydrogen-bond donors (Lipinski definition) is 1. The Morgan fingerprint density at radius 3 is 2.94 bits per heavy atom. The quantitative estimate of drug-likeness (QED) is 0.900. The minimum Gasteiger partial charge on any atom is -0.332 e. The van der Waals surface area contributed by atoms with E-state index in [1.807, 2.05) is 24.1 Å². The molecule has 5 heteroatoms. The molecular weight excluding hydrogens is 244 g/mol. The van der Waals surface area contributed by atoms with Gasteiger partial charge >= 0.3 is 0 Å². The van der Waals surface area contributed by atoms with Gasteiger partial charge in [-0.05, 0) is 19.4 Å². The molecule has 0 aromatic carbocycles. The van der Waals surface area contributed by atoms with Crippen LogP contribution in [0, 0.1) is 0 Å². The molecule has 1 fully saturated rings. The highest BCUT2D eigenvalue weighted by atomic mass is 32.1. The lowest BCUT2D eigenvalue weighted by molar-refractivity contribution is 0.727. The average Bonchev–Trinajstić information content (AvgIpc) is 2.99. The van der Waals surface area contributed by atoms with E-state index in [-0.39, 0.29) is 0 Å². The SMILES string of the molecule is CCNCc1sc(-c2cncn2C)nc1C1CC1. The van der Waals surface area contributed by atoms with E-state index in [9.17, 15) is 0 Å². The first-order chi connectivity index (χ1) is 8.79. The van der Waals surface area contributed by atoms with Gasteiger partial charge < -0.3 is 9.88 Å². The van der Waals surface area contributed by atoms with Crippen molar-refractivity contribution in [3.63, 3.8) is 0 Å². The Bertz CT molecular complexity index is 539. The summed E-state index contributed by atoms with van der Waals surface area (Å²) in [4.78, 5) is 10.4. The number of rotatable bonds is 5. The van der Waals surface area contributed by atoms with Crippen molar-refractivity contribution in [3.8, 4) is 10.7 Å². The normalized spacial score (nSPS) is 15.2. The molecule has 4 nitrogen and oxygen atoms in total. The second kappa shape index (κ2) is 4.82. The van der Waals surface area contributed by atoms with Crippen LogP contribution in [0.15, 0.2) is 12.5 Å². The van der Waals surface area contributed by atoms with Crippen molar-refractivity contribution in [2.24, 2.45) is 7.05 Å². The average molecular weight is 262 g/mol. The van der Waals surface area contributed by atoms with Crippen molar-refractivity contribution in [2.75, 3.05) is 6.54 Å². The molecule has 1 aliphatic rings. The summed E-state index contributed by atoms with van der Waals surface area (Å²) >= 11 is 1.81. The lowest BCUT2D eigenvalue weighted by Crippen LogP contribution is -2.11. The second-order valence-electron chi connectivity index (χ2n) is 4.77. The summed E-state index contributed by atoms with van der Waals surface area (Å²) < 4.78 is 2.03. The van der Waals surface area contributed by atoms with Crippen molar-refractivity contribution in [2.45, 2.75) is 32.2 Å². The largest absolute Gasteiger partial charge is 0.332 e. The third kappa shape index (κ3) is 2.20. The maximum atomic E-state index is 4.85. The summed E-state index contributed by atoms with van der Waals surface area (Å²) in [6, 6.07) is 0. The maximum Gasteiger partial charge on any atom is 0.142 e. The van der Waals surface area contributed by atoms with E-state index in [1.165, 1.54) is 23.4 Å². The van der Waals surface area contributed by atoms with Gasteiger partial charge in [0, 0.05) is 24.4 Å². The molecule has 0 amide bonds. The van der Waals surface area contributed by atoms with Crippen molar-refractivity contribution in [1.29, 1.82) is 0 Å². The van der Waals surface area contributed by atoms with Crippen molar-refractivity contribution < 1.29 is 0 Å². The summed E-state index contributed by atoms with van der Waals surface area (Å²) in [7, 11) is 2.02. The number of thiazole rings is 1. The summed E-state index contributed by atoms with van der Waals surface area (Å²) in [6.45, 7) is 4.08. The van der Waals surface area contributed by atoms with Crippen LogP contribution in [0.4, 0.5) is 0 Å². The topological polar surface area (TPSA) is 42.7 Å². The molecule has 2 heterocycles. The van der Waals surface area contributed by atoms with Crippen LogP contribution in [0.1, 0.15) is 36.3 Å². The molecule has 2 aromatic heterocycles. The maximum absolute atomic E-state index is 4.85. The second-order valence-corrected chi connectivity index (χ2v) is 5.86. The fourth-order valence-electron chi connectivity index (χ4n) is 2.08. The first-order valence-corrected chi connectivity index (χ1v) is 7.28.